The number of fused-ring (bicyclic) bond motifs is 3. The SMILES string of the molecule is O=c1nc(Cl)c(Cl)c2n1CC[C@]13CO[C@H](CN21)C3. The maximum Gasteiger partial charge on any atom is 0.350 e. The quantitative estimate of drug-likeness (QED) is 0.675. The lowest BCUT2D eigenvalue weighted by Gasteiger charge is -2.44. The van der Waals surface area contributed by atoms with E-state index in [0.29, 0.717) is 18.2 Å². The monoisotopic (exact) mass is 287 g/mol. The van der Waals surface area contributed by atoms with E-state index >= 15 is 0 Å². The molecule has 2 atom stereocenters. The summed E-state index contributed by atoms with van der Waals surface area (Å²) >= 11 is 12.2. The van der Waals surface area contributed by atoms with Crippen molar-refractivity contribution in [1.82, 2.24) is 9.55 Å². The average molecular weight is 288 g/mol. The van der Waals surface area contributed by atoms with Gasteiger partial charge in [-0.15, -0.1) is 0 Å². The second kappa shape index (κ2) is 3.40. The molecule has 2 bridgehead atoms. The van der Waals surface area contributed by atoms with E-state index in [1.807, 2.05) is 0 Å². The second-order valence-corrected chi connectivity index (χ2v) is 5.93. The molecule has 0 radical (unpaired) electrons. The molecular weight excluding hydrogens is 277 g/mol. The summed E-state index contributed by atoms with van der Waals surface area (Å²) in [5, 5.41) is 0.469. The van der Waals surface area contributed by atoms with Crippen molar-refractivity contribution in [1.29, 1.82) is 0 Å². The molecule has 96 valence electrons. The number of aromatic nitrogens is 2. The summed E-state index contributed by atoms with van der Waals surface area (Å²) in [5.74, 6) is 0.721. The Hall–Kier alpha value is -0.780. The molecule has 7 heteroatoms. The van der Waals surface area contributed by atoms with Crippen molar-refractivity contribution >= 4 is 29.0 Å². The Labute approximate surface area is 113 Å². The fourth-order valence-corrected chi connectivity index (χ4v) is 3.82. The van der Waals surface area contributed by atoms with Gasteiger partial charge in [0.1, 0.15) is 10.8 Å². The zero-order valence-electron chi connectivity index (χ0n) is 9.53. The lowest BCUT2D eigenvalue weighted by atomic mass is 9.92. The second-order valence-electron chi connectivity index (χ2n) is 5.20. The highest BCUT2D eigenvalue weighted by Crippen LogP contribution is 2.48. The van der Waals surface area contributed by atoms with Crippen molar-refractivity contribution in [2.75, 3.05) is 18.1 Å². The molecule has 18 heavy (non-hydrogen) atoms. The first-order valence-corrected chi connectivity index (χ1v) is 6.71. The predicted octanol–water partition coefficient (Wildman–Crippen LogP) is 1.30. The van der Waals surface area contributed by atoms with Crippen molar-refractivity contribution in [3.8, 4) is 0 Å². The van der Waals surface area contributed by atoms with Gasteiger partial charge in [-0.05, 0) is 6.42 Å². The molecule has 0 aliphatic carbocycles. The van der Waals surface area contributed by atoms with Crippen LogP contribution in [0.1, 0.15) is 12.8 Å². The van der Waals surface area contributed by atoms with Gasteiger partial charge < -0.3 is 9.64 Å². The smallest absolute Gasteiger partial charge is 0.350 e. The van der Waals surface area contributed by atoms with Crippen LogP contribution < -0.4 is 10.6 Å². The van der Waals surface area contributed by atoms with Crippen LogP contribution in [0, 0.1) is 0 Å². The zero-order valence-corrected chi connectivity index (χ0v) is 11.0. The molecule has 0 saturated carbocycles. The van der Waals surface area contributed by atoms with Gasteiger partial charge in [-0.1, -0.05) is 23.2 Å². The van der Waals surface area contributed by atoms with Crippen LogP contribution in [0.3, 0.4) is 0 Å². The third-order valence-corrected chi connectivity index (χ3v) is 4.99. The lowest BCUT2D eigenvalue weighted by molar-refractivity contribution is 0.0777. The largest absolute Gasteiger partial charge is 0.374 e. The Bertz CT molecular complexity index is 603. The first kappa shape index (κ1) is 11.1. The molecule has 0 N–H and O–H groups in total. The average Bonchev–Trinajstić information content (AvgIpc) is 2.91. The molecule has 0 amide bonds. The molecule has 5 nitrogen and oxygen atoms in total. The van der Waals surface area contributed by atoms with Crippen LogP contribution in [-0.4, -0.2) is 34.3 Å². The summed E-state index contributed by atoms with van der Waals surface area (Å²) < 4.78 is 7.33. The number of hydrogen-bond donors (Lipinski definition) is 0. The summed E-state index contributed by atoms with van der Waals surface area (Å²) in [6, 6.07) is 0. The van der Waals surface area contributed by atoms with Crippen LogP contribution in [0.15, 0.2) is 4.79 Å². The number of morpholine rings is 1. The van der Waals surface area contributed by atoms with Gasteiger partial charge >= 0.3 is 5.69 Å². The number of anilines is 1. The highest BCUT2D eigenvalue weighted by molar-refractivity contribution is 6.42. The number of rotatable bonds is 0. The Kier molecular flexibility index (Phi) is 2.10. The maximum absolute atomic E-state index is 11.9. The maximum atomic E-state index is 11.9. The highest BCUT2D eigenvalue weighted by Gasteiger charge is 2.54. The van der Waals surface area contributed by atoms with Gasteiger partial charge in [0.2, 0.25) is 0 Å². The lowest BCUT2D eigenvalue weighted by Crippen LogP contribution is -2.55. The molecule has 0 unspecified atom stereocenters. The Balaban J connectivity index is 1.96. The fraction of sp³-hybridized carbons (Fsp3) is 0.636. The van der Waals surface area contributed by atoms with E-state index in [9.17, 15) is 4.79 Å². The highest BCUT2D eigenvalue weighted by atomic mass is 35.5. The van der Waals surface area contributed by atoms with E-state index < -0.39 is 0 Å². The summed E-state index contributed by atoms with van der Waals surface area (Å²) in [4.78, 5) is 17.8. The molecule has 4 heterocycles. The normalized spacial score (nSPS) is 32.6. The van der Waals surface area contributed by atoms with E-state index in [1.165, 1.54) is 0 Å². The summed E-state index contributed by atoms with van der Waals surface area (Å²) in [6.45, 7) is 2.12. The topological polar surface area (TPSA) is 47.4 Å². The molecule has 2 saturated heterocycles. The van der Waals surface area contributed by atoms with Gasteiger partial charge in [-0.3, -0.25) is 4.57 Å². The first-order valence-electron chi connectivity index (χ1n) is 5.96. The molecule has 2 fully saturated rings. The van der Waals surface area contributed by atoms with Crippen molar-refractivity contribution in [3.63, 3.8) is 0 Å². The molecule has 3 aliphatic rings. The molecule has 0 aromatic carbocycles. The molecule has 1 spiro atoms. The molecule has 4 rings (SSSR count). The molecule has 3 aliphatic heterocycles. The molecule has 1 aromatic rings. The summed E-state index contributed by atoms with van der Waals surface area (Å²) in [6.07, 6.45) is 2.16. The fourth-order valence-electron chi connectivity index (χ4n) is 3.42. The first-order chi connectivity index (χ1) is 8.61. The summed E-state index contributed by atoms with van der Waals surface area (Å²) in [7, 11) is 0. The number of ether oxygens (including phenoxy) is 1. The van der Waals surface area contributed by atoms with Gasteiger partial charge in [-0.2, -0.15) is 4.98 Å². The van der Waals surface area contributed by atoms with Crippen LogP contribution in [0.2, 0.25) is 10.2 Å². The van der Waals surface area contributed by atoms with Gasteiger partial charge in [0.25, 0.3) is 0 Å². The third kappa shape index (κ3) is 1.22. The van der Waals surface area contributed by atoms with E-state index in [4.69, 9.17) is 27.9 Å². The number of halogens is 2. The van der Waals surface area contributed by atoms with E-state index in [0.717, 1.165) is 25.2 Å². The number of hydrogen-bond acceptors (Lipinski definition) is 4. The van der Waals surface area contributed by atoms with E-state index in [1.54, 1.807) is 4.57 Å². The van der Waals surface area contributed by atoms with Gasteiger partial charge in [0.15, 0.2) is 5.15 Å². The molecule has 1 aromatic heterocycles. The Morgan fingerprint density at radius 2 is 2.28 bits per heavy atom. The van der Waals surface area contributed by atoms with Crippen molar-refractivity contribution in [2.24, 2.45) is 0 Å². The van der Waals surface area contributed by atoms with E-state index in [-0.39, 0.29) is 22.5 Å². The van der Waals surface area contributed by atoms with Crippen LogP contribution in [-0.2, 0) is 11.3 Å². The minimum atomic E-state index is -0.321. The predicted molar refractivity (Wildman–Crippen MR) is 67.6 cm³/mol. The molecular formula is C11H11Cl2N3O2. The third-order valence-electron chi connectivity index (χ3n) is 4.27. The minimum absolute atomic E-state index is 0.00539. The van der Waals surface area contributed by atoms with Crippen LogP contribution in [0.4, 0.5) is 5.82 Å². The van der Waals surface area contributed by atoms with Crippen molar-refractivity contribution in [2.45, 2.75) is 31.0 Å². The Morgan fingerprint density at radius 1 is 1.44 bits per heavy atom. The standard InChI is InChI=1S/C11H11Cl2N3O2/c12-7-8(13)14-10(17)15-2-1-11-3-6(18-5-11)4-16(11)9(7)15/h6H,1-5H2/t6-,11-/m0/s1. The minimum Gasteiger partial charge on any atom is -0.374 e. The van der Waals surface area contributed by atoms with Gasteiger partial charge in [-0.25, -0.2) is 4.79 Å². The zero-order chi connectivity index (χ0) is 12.5. The van der Waals surface area contributed by atoms with Gasteiger partial charge in [0, 0.05) is 19.5 Å². The van der Waals surface area contributed by atoms with Crippen molar-refractivity contribution in [3.05, 3.63) is 20.7 Å². The Morgan fingerprint density at radius 3 is 3.06 bits per heavy atom. The van der Waals surface area contributed by atoms with Crippen LogP contribution in [0.5, 0.6) is 0 Å². The summed E-state index contributed by atoms with van der Waals surface area (Å²) in [5.41, 5.74) is -0.316. The number of nitrogens with zero attached hydrogens (tertiary/aromatic N) is 3. The van der Waals surface area contributed by atoms with E-state index in [2.05, 4.69) is 9.88 Å². The van der Waals surface area contributed by atoms with Gasteiger partial charge in [0.05, 0.1) is 18.2 Å². The van der Waals surface area contributed by atoms with Crippen LogP contribution >= 0.6 is 23.2 Å². The van der Waals surface area contributed by atoms with Crippen molar-refractivity contribution < 1.29 is 4.74 Å². The van der Waals surface area contributed by atoms with Crippen LogP contribution in [0.25, 0.3) is 0 Å².